The maximum absolute atomic E-state index is 4.99. The molecule has 3 heteroatoms. The van der Waals surface area contributed by atoms with Crippen LogP contribution in [0.1, 0.15) is 37.7 Å². The molecule has 1 atom stereocenters. The number of likely N-dealkylation sites (tertiary alicyclic amines) is 1. The summed E-state index contributed by atoms with van der Waals surface area (Å²) in [6.45, 7) is 4.72. The molecule has 0 spiro atoms. The smallest absolute Gasteiger partial charge is 0.652 e. The van der Waals surface area contributed by atoms with E-state index in [1.54, 1.807) is 0 Å². The van der Waals surface area contributed by atoms with Crippen LogP contribution in [0.25, 0.3) is 5.32 Å². The van der Waals surface area contributed by atoms with Gasteiger partial charge in [0.25, 0.3) is 0 Å². The molecule has 1 aromatic rings. The molecule has 0 radical (unpaired) electrons. The van der Waals surface area contributed by atoms with E-state index in [2.05, 4.69) is 35.2 Å². The standard InChI is InChI=1S/C16H23N2.Li/c1-3-8-15(9-4-1)16(10-7-11-17-16)14-18-12-5-2-6-13-18;/h1,3-4,8-9H,2,5-7,10-14H2;/q-1;+1/t16-;/m0./s1. The fourth-order valence-corrected chi connectivity index (χ4v) is 3.44. The molecule has 3 rings (SSSR count). The Morgan fingerprint density at radius 1 is 1.00 bits per heavy atom. The second-order valence-corrected chi connectivity index (χ2v) is 5.72. The quantitative estimate of drug-likeness (QED) is 0.716. The third-order valence-corrected chi connectivity index (χ3v) is 4.41. The fraction of sp³-hybridized carbons (Fsp3) is 0.625. The Bertz CT molecular complexity index is 368. The summed E-state index contributed by atoms with van der Waals surface area (Å²) in [7, 11) is 0. The van der Waals surface area contributed by atoms with E-state index in [9.17, 15) is 0 Å². The van der Waals surface area contributed by atoms with E-state index in [1.165, 1.54) is 50.8 Å². The van der Waals surface area contributed by atoms with Crippen molar-refractivity contribution in [3.63, 3.8) is 0 Å². The summed E-state index contributed by atoms with van der Waals surface area (Å²) in [6, 6.07) is 10.9. The molecule has 0 aliphatic carbocycles. The first kappa shape index (κ1) is 15.1. The van der Waals surface area contributed by atoms with Gasteiger partial charge in [0.15, 0.2) is 0 Å². The molecule has 0 unspecified atom stereocenters. The predicted molar refractivity (Wildman–Crippen MR) is 75.9 cm³/mol. The largest absolute Gasteiger partial charge is 1.00 e. The van der Waals surface area contributed by atoms with E-state index < -0.39 is 0 Å². The third-order valence-electron chi connectivity index (χ3n) is 4.41. The van der Waals surface area contributed by atoms with Crippen molar-refractivity contribution in [3.05, 3.63) is 41.2 Å². The van der Waals surface area contributed by atoms with Crippen LogP contribution < -0.4 is 18.9 Å². The van der Waals surface area contributed by atoms with Crippen molar-refractivity contribution in [2.75, 3.05) is 26.2 Å². The Balaban J connectivity index is 0.00000133. The molecule has 2 saturated heterocycles. The van der Waals surface area contributed by atoms with E-state index in [0.717, 1.165) is 13.1 Å². The van der Waals surface area contributed by atoms with Crippen LogP contribution in [0.2, 0.25) is 0 Å². The van der Waals surface area contributed by atoms with Crippen molar-refractivity contribution in [3.8, 4) is 0 Å². The Kier molecular flexibility index (Phi) is 5.54. The van der Waals surface area contributed by atoms with Gasteiger partial charge in [-0.25, -0.2) is 0 Å². The maximum atomic E-state index is 4.99. The molecule has 0 saturated carbocycles. The van der Waals surface area contributed by atoms with E-state index >= 15 is 0 Å². The van der Waals surface area contributed by atoms with Gasteiger partial charge in [-0.05, 0) is 32.5 Å². The Hall–Kier alpha value is -0.263. The van der Waals surface area contributed by atoms with Gasteiger partial charge in [0.05, 0.1) is 0 Å². The van der Waals surface area contributed by atoms with Crippen molar-refractivity contribution in [1.29, 1.82) is 0 Å². The van der Waals surface area contributed by atoms with E-state index in [4.69, 9.17) is 5.32 Å². The summed E-state index contributed by atoms with van der Waals surface area (Å²) in [5.74, 6) is 0. The molecule has 2 heterocycles. The number of hydrogen-bond acceptors (Lipinski definition) is 1. The summed E-state index contributed by atoms with van der Waals surface area (Å²) in [4.78, 5) is 2.63. The van der Waals surface area contributed by atoms with Crippen LogP contribution in [0.4, 0.5) is 0 Å². The number of nitrogens with zero attached hydrogens (tertiary/aromatic N) is 2. The van der Waals surface area contributed by atoms with Gasteiger partial charge in [0.2, 0.25) is 0 Å². The van der Waals surface area contributed by atoms with Gasteiger partial charge in [-0.15, -0.1) is 6.54 Å². The van der Waals surface area contributed by atoms with Gasteiger partial charge in [0, 0.05) is 0 Å². The molecule has 0 aromatic heterocycles. The van der Waals surface area contributed by atoms with Gasteiger partial charge in [-0.1, -0.05) is 60.7 Å². The molecule has 2 fully saturated rings. The number of piperidine rings is 1. The number of rotatable bonds is 3. The first-order valence-corrected chi connectivity index (χ1v) is 7.36. The second-order valence-electron chi connectivity index (χ2n) is 5.72. The monoisotopic (exact) mass is 250 g/mol. The van der Waals surface area contributed by atoms with E-state index in [0.29, 0.717) is 0 Å². The zero-order valence-electron chi connectivity index (χ0n) is 12.1. The molecule has 1 aromatic carbocycles. The zero-order chi connectivity index (χ0) is 12.3. The fourth-order valence-electron chi connectivity index (χ4n) is 3.44. The predicted octanol–water partition coefficient (Wildman–Crippen LogP) is 0.539. The van der Waals surface area contributed by atoms with Gasteiger partial charge in [0.1, 0.15) is 0 Å². The van der Waals surface area contributed by atoms with Crippen molar-refractivity contribution < 1.29 is 18.9 Å². The number of benzene rings is 1. The van der Waals surface area contributed by atoms with Crippen LogP contribution >= 0.6 is 0 Å². The molecule has 2 nitrogen and oxygen atoms in total. The average molecular weight is 250 g/mol. The minimum absolute atomic E-state index is 0. The van der Waals surface area contributed by atoms with Crippen molar-refractivity contribution in [1.82, 2.24) is 4.90 Å². The molecule has 2 aliphatic heterocycles. The van der Waals surface area contributed by atoms with Crippen LogP contribution in [0.15, 0.2) is 30.3 Å². The molecule has 19 heavy (non-hydrogen) atoms. The summed E-state index contributed by atoms with van der Waals surface area (Å²) in [6.07, 6.45) is 6.62. The molecule has 0 bridgehead atoms. The zero-order valence-corrected chi connectivity index (χ0v) is 12.1. The summed E-state index contributed by atoms with van der Waals surface area (Å²) in [5, 5.41) is 4.99. The molecule has 0 N–H and O–H groups in total. The molecule has 0 amide bonds. The van der Waals surface area contributed by atoms with Crippen LogP contribution in [0.5, 0.6) is 0 Å². The Labute approximate surface area is 129 Å². The first-order chi connectivity index (χ1) is 8.89. The first-order valence-electron chi connectivity index (χ1n) is 7.36. The maximum Gasteiger partial charge on any atom is 1.00 e. The van der Waals surface area contributed by atoms with Crippen LogP contribution in [-0.2, 0) is 5.54 Å². The average Bonchev–Trinajstić information content (AvgIpc) is 2.91. The van der Waals surface area contributed by atoms with Crippen LogP contribution in [0, 0.1) is 0 Å². The van der Waals surface area contributed by atoms with E-state index in [1.807, 2.05) is 0 Å². The third kappa shape index (κ3) is 3.44. The van der Waals surface area contributed by atoms with Crippen LogP contribution in [-0.4, -0.2) is 31.1 Å². The SMILES string of the molecule is [Li+].c1ccc([C@@]2(CN3CCCCC3)CCC[N-]2)cc1. The van der Waals surface area contributed by atoms with Crippen molar-refractivity contribution in [2.24, 2.45) is 0 Å². The summed E-state index contributed by atoms with van der Waals surface area (Å²) < 4.78 is 0. The minimum atomic E-state index is 0. The molecule has 98 valence electrons. The van der Waals surface area contributed by atoms with Gasteiger partial charge >= 0.3 is 18.9 Å². The normalized spacial score (nSPS) is 28.0. The van der Waals surface area contributed by atoms with Gasteiger partial charge in [-0.3, -0.25) is 0 Å². The second kappa shape index (κ2) is 6.95. The Morgan fingerprint density at radius 2 is 1.74 bits per heavy atom. The molecule has 2 aliphatic rings. The Morgan fingerprint density at radius 3 is 2.37 bits per heavy atom. The van der Waals surface area contributed by atoms with Gasteiger partial charge in [-0.2, -0.15) is 0 Å². The molecular weight excluding hydrogens is 227 g/mol. The van der Waals surface area contributed by atoms with E-state index in [-0.39, 0.29) is 24.4 Å². The van der Waals surface area contributed by atoms with Crippen molar-refractivity contribution in [2.45, 2.75) is 37.6 Å². The van der Waals surface area contributed by atoms with Crippen molar-refractivity contribution >= 4 is 0 Å². The van der Waals surface area contributed by atoms with Crippen LogP contribution in [0.3, 0.4) is 0 Å². The van der Waals surface area contributed by atoms with Gasteiger partial charge < -0.3 is 10.2 Å². The summed E-state index contributed by atoms with van der Waals surface area (Å²) in [5.41, 5.74) is 1.52. The number of hydrogen-bond donors (Lipinski definition) is 0. The summed E-state index contributed by atoms with van der Waals surface area (Å²) >= 11 is 0. The molecular formula is C16H23LiN2. The minimum Gasteiger partial charge on any atom is -0.652 e. The topological polar surface area (TPSA) is 17.3 Å².